The molecule has 0 saturated carbocycles. The summed E-state index contributed by atoms with van der Waals surface area (Å²) in [6, 6.07) is 8.77. The van der Waals surface area contributed by atoms with Crippen LogP contribution in [0, 0.1) is 6.07 Å². The Morgan fingerprint density at radius 1 is 1.04 bits per heavy atom. The second-order valence-corrected chi connectivity index (χ2v) is 8.03. The minimum atomic E-state index is -0.226. The van der Waals surface area contributed by atoms with Crippen LogP contribution in [0.2, 0.25) is 0 Å². The van der Waals surface area contributed by atoms with Crippen molar-refractivity contribution >= 4 is 16.6 Å². The van der Waals surface area contributed by atoms with Crippen LogP contribution < -0.4 is 5.56 Å². The fourth-order valence-corrected chi connectivity index (χ4v) is 2.66. The standard InChI is InChI=1S/C19H22N3O.Ir/c1-18(2,3)14-8-7-12-13(20-14)9-10-22-15(19(4,5)6)11-16(23)21-17(12)22;/h8-11H,1-6H3;/q-1;. The first-order valence-corrected chi connectivity index (χ1v) is 7.83. The van der Waals surface area contributed by atoms with E-state index in [9.17, 15) is 4.79 Å². The van der Waals surface area contributed by atoms with Gasteiger partial charge in [-0.05, 0) is 22.8 Å². The maximum Gasteiger partial charge on any atom is 0.264 e. The maximum absolute atomic E-state index is 12.1. The van der Waals surface area contributed by atoms with Gasteiger partial charge in [-0.15, -0.1) is 12.1 Å². The molecule has 3 heterocycles. The first-order chi connectivity index (χ1) is 10.6. The molecule has 0 spiro atoms. The Hall–Kier alpha value is -1.58. The second-order valence-electron chi connectivity index (χ2n) is 8.03. The van der Waals surface area contributed by atoms with Gasteiger partial charge in [-0.3, -0.25) is 4.79 Å². The molecule has 1 radical (unpaired) electrons. The molecule has 129 valence electrons. The number of hydrogen-bond acceptors (Lipinski definition) is 3. The molecule has 0 aliphatic heterocycles. The Morgan fingerprint density at radius 2 is 1.71 bits per heavy atom. The molecule has 3 rings (SSSR count). The van der Waals surface area contributed by atoms with Gasteiger partial charge in [0.25, 0.3) is 5.56 Å². The van der Waals surface area contributed by atoms with E-state index in [1.807, 2.05) is 22.7 Å². The number of hydrogen-bond donors (Lipinski definition) is 0. The zero-order valence-corrected chi connectivity index (χ0v) is 17.3. The molecule has 5 heteroatoms. The van der Waals surface area contributed by atoms with Crippen LogP contribution in [-0.4, -0.2) is 14.4 Å². The summed E-state index contributed by atoms with van der Waals surface area (Å²) >= 11 is 0. The fourth-order valence-electron chi connectivity index (χ4n) is 2.66. The molecule has 0 aliphatic rings. The molecule has 0 aliphatic carbocycles. The van der Waals surface area contributed by atoms with Crippen molar-refractivity contribution in [3.05, 3.63) is 52.2 Å². The van der Waals surface area contributed by atoms with Crippen molar-refractivity contribution in [2.75, 3.05) is 0 Å². The van der Waals surface area contributed by atoms with Gasteiger partial charge in [-0.2, -0.15) is 0 Å². The van der Waals surface area contributed by atoms with Crippen LogP contribution in [0.3, 0.4) is 0 Å². The van der Waals surface area contributed by atoms with Gasteiger partial charge in [0.1, 0.15) is 0 Å². The normalized spacial score (nSPS) is 12.4. The number of pyridine rings is 2. The first kappa shape index (κ1) is 18.8. The van der Waals surface area contributed by atoms with Gasteiger partial charge < -0.3 is 9.38 Å². The third-order valence-corrected chi connectivity index (χ3v) is 3.96. The van der Waals surface area contributed by atoms with Crippen LogP contribution in [0.25, 0.3) is 16.6 Å². The van der Waals surface area contributed by atoms with Crippen LogP contribution in [0.4, 0.5) is 0 Å². The van der Waals surface area contributed by atoms with Crippen molar-refractivity contribution in [1.82, 2.24) is 14.4 Å². The van der Waals surface area contributed by atoms with E-state index in [0.29, 0.717) is 5.65 Å². The van der Waals surface area contributed by atoms with E-state index in [1.54, 1.807) is 6.07 Å². The Kier molecular flexibility index (Phi) is 4.73. The molecular weight excluding hydrogens is 478 g/mol. The van der Waals surface area contributed by atoms with Gasteiger partial charge in [0.05, 0.1) is 5.65 Å². The topological polar surface area (TPSA) is 47.3 Å². The molecule has 0 atom stereocenters. The van der Waals surface area contributed by atoms with Gasteiger partial charge in [0.2, 0.25) is 0 Å². The largest absolute Gasteiger partial charge is 0.348 e. The van der Waals surface area contributed by atoms with E-state index in [4.69, 9.17) is 4.98 Å². The average molecular weight is 501 g/mol. The monoisotopic (exact) mass is 501 g/mol. The average Bonchev–Trinajstić information content (AvgIpc) is 2.43. The first-order valence-electron chi connectivity index (χ1n) is 7.83. The molecule has 0 bridgehead atoms. The quantitative estimate of drug-likeness (QED) is 0.350. The molecule has 3 aromatic heterocycles. The van der Waals surface area contributed by atoms with Crippen molar-refractivity contribution in [2.45, 2.75) is 52.4 Å². The van der Waals surface area contributed by atoms with Crippen LogP contribution in [0.15, 0.2) is 29.2 Å². The number of rotatable bonds is 0. The van der Waals surface area contributed by atoms with Crippen molar-refractivity contribution < 1.29 is 20.1 Å². The third kappa shape index (κ3) is 3.28. The molecular formula is C19H22IrN3O-. The van der Waals surface area contributed by atoms with Crippen molar-refractivity contribution in [1.29, 1.82) is 0 Å². The number of nitrogens with zero attached hydrogens (tertiary/aromatic N) is 3. The van der Waals surface area contributed by atoms with E-state index in [-0.39, 0.29) is 36.5 Å². The number of aromatic nitrogens is 3. The van der Waals surface area contributed by atoms with Crippen LogP contribution in [-0.2, 0) is 30.9 Å². The predicted octanol–water partition coefficient (Wildman–Crippen LogP) is 3.64. The van der Waals surface area contributed by atoms with Crippen molar-refractivity contribution in [2.24, 2.45) is 0 Å². The molecule has 0 saturated heterocycles. The molecule has 0 unspecified atom stereocenters. The van der Waals surface area contributed by atoms with Crippen LogP contribution in [0.5, 0.6) is 0 Å². The summed E-state index contributed by atoms with van der Waals surface area (Å²) in [7, 11) is 0. The van der Waals surface area contributed by atoms with E-state index >= 15 is 0 Å². The molecule has 0 amide bonds. The van der Waals surface area contributed by atoms with Gasteiger partial charge >= 0.3 is 0 Å². The van der Waals surface area contributed by atoms with Crippen molar-refractivity contribution in [3.8, 4) is 0 Å². The zero-order chi connectivity index (χ0) is 17.0. The van der Waals surface area contributed by atoms with Gasteiger partial charge in [0, 0.05) is 37.3 Å². The summed E-state index contributed by atoms with van der Waals surface area (Å²) < 4.78 is 1.97. The Morgan fingerprint density at radius 3 is 2.29 bits per heavy atom. The zero-order valence-electron chi connectivity index (χ0n) is 14.9. The summed E-state index contributed by atoms with van der Waals surface area (Å²) in [6.45, 7) is 12.6. The third-order valence-electron chi connectivity index (χ3n) is 3.96. The number of fused-ring (bicyclic) bond motifs is 3. The molecule has 0 aromatic carbocycles. The minimum Gasteiger partial charge on any atom is -0.348 e. The summed E-state index contributed by atoms with van der Waals surface area (Å²) in [6.07, 6.45) is 1.94. The van der Waals surface area contributed by atoms with E-state index in [1.165, 1.54) is 0 Å². The Bertz CT molecular complexity index is 962. The van der Waals surface area contributed by atoms with E-state index < -0.39 is 0 Å². The molecule has 4 nitrogen and oxygen atoms in total. The van der Waals surface area contributed by atoms with Crippen molar-refractivity contribution in [3.63, 3.8) is 0 Å². The van der Waals surface area contributed by atoms with E-state index in [2.05, 4.69) is 52.6 Å². The summed E-state index contributed by atoms with van der Waals surface area (Å²) in [5.41, 5.74) is 2.92. The molecule has 0 fully saturated rings. The second kappa shape index (κ2) is 6.05. The summed E-state index contributed by atoms with van der Waals surface area (Å²) in [5.74, 6) is 0. The summed E-state index contributed by atoms with van der Waals surface area (Å²) in [5, 5.41) is 0.781. The van der Waals surface area contributed by atoms with Gasteiger partial charge in [-0.25, -0.2) is 4.98 Å². The maximum atomic E-state index is 12.1. The molecule has 3 aromatic rings. The molecule has 24 heavy (non-hydrogen) atoms. The van der Waals surface area contributed by atoms with Gasteiger partial charge in [-0.1, -0.05) is 53.0 Å². The smallest absolute Gasteiger partial charge is 0.264 e. The van der Waals surface area contributed by atoms with Crippen LogP contribution >= 0.6 is 0 Å². The SMILES string of the molecule is CC(C)(C)c1c[c-]c2c(ccn3c(C(C)(C)C)cc(=O)nc23)n1.[Ir]. The predicted molar refractivity (Wildman–Crippen MR) is 93.0 cm³/mol. The fraction of sp³-hybridized carbons (Fsp3) is 0.421. The van der Waals surface area contributed by atoms with Crippen LogP contribution in [0.1, 0.15) is 52.9 Å². The minimum absolute atomic E-state index is 0. The van der Waals surface area contributed by atoms with Gasteiger partial charge in [0.15, 0.2) is 0 Å². The Balaban J connectivity index is 0.00000208. The molecule has 0 N–H and O–H groups in total. The Labute approximate surface area is 155 Å². The summed E-state index contributed by atoms with van der Waals surface area (Å²) in [4.78, 5) is 21.0. The van der Waals surface area contributed by atoms with E-state index in [0.717, 1.165) is 22.3 Å².